The monoisotopic (exact) mass is 218 g/mol. The Morgan fingerprint density at radius 3 is 2.69 bits per heavy atom. The van der Waals surface area contributed by atoms with Crippen LogP contribution >= 0.6 is 0 Å². The second kappa shape index (κ2) is 6.46. The predicted molar refractivity (Wildman–Crippen MR) is 60.9 cm³/mol. The Kier molecular flexibility index (Phi) is 4.87. The first kappa shape index (κ1) is 12.1. The smallest absolute Gasteiger partial charge is 0.307 e. The maximum Gasteiger partial charge on any atom is 0.307 e. The topological polar surface area (TPSA) is 62.1 Å². The molecule has 0 unspecified atom stereocenters. The van der Waals surface area contributed by atoms with Crippen molar-refractivity contribution in [3.63, 3.8) is 0 Å². The Labute approximate surface area is 94.8 Å². The molecule has 1 aromatic carbocycles. The summed E-state index contributed by atoms with van der Waals surface area (Å²) in [6.07, 6.45) is 0.341. The van der Waals surface area contributed by atoms with Crippen molar-refractivity contribution < 1.29 is 9.53 Å². The average Bonchev–Trinajstić information content (AvgIpc) is 2.30. The molecule has 16 heavy (non-hydrogen) atoms. The molecule has 4 heteroatoms. The molecule has 0 atom stereocenters. The highest BCUT2D eigenvalue weighted by Gasteiger charge is 2.00. The van der Waals surface area contributed by atoms with Gasteiger partial charge in [0.2, 0.25) is 0 Å². The van der Waals surface area contributed by atoms with Crippen molar-refractivity contribution >= 4 is 11.7 Å². The fourth-order valence-electron chi connectivity index (χ4n) is 1.20. The van der Waals surface area contributed by atoms with Gasteiger partial charge in [0.15, 0.2) is 0 Å². The number of carbonyl (C=O) groups excluding carboxylic acids is 1. The van der Waals surface area contributed by atoms with Crippen molar-refractivity contribution in [2.24, 2.45) is 0 Å². The summed E-state index contributed by atoms with van der Waals surface area (Å²) in [7, 11) is 0. The van der Waals surface area contributed by atoms with Gasteiger partial charge in [-0.25, -0.2) is 0 Å². The van der Waals surface area contributed by atoms with Crippen LogP contribution in [0.25, 0.3) is 0 Å². The van der Waals surface area contributed by atoms with E-state index in [0.29, 0.717) is 25.1 Å². The van der Waals surface area contributed by atoms with Crippen LogP contribution in [0.3, 0.4) is 0 Å². The maximum absolute atomic E-state index is 11.0. The standard InChI is InChI=1S/C12H14N2O2/c1-2-16-12(15)7-8-14-11-5-3-10(9-13)4-6-11/h3-6,14H,2,7-8H2,1H3. The van der Waals surface area contributed by atoms with Gasteiger partial charge in [-0.1, -0.05) is 0 Å². The van der Waals surface area contributed by atoms with Crippen LogP contribution < -0.4 is 5.32 Å². The van der Waals surface area contributed by atoms with Gasteiger partial charge in [-0.3, -0.25) is 4.79 Å². The zero-order valence-corrected chi connectivity index (χ0v) is 9.19. The molecule has 1 rings (SSSR count). The van der Waals surface area contributed by atoms with Gasteiger partial charge in [-0.15, -0.1) is 0 Å². The normalized spacial score (nSPS) is 9.25. The van der Waals surface area contributed by atoms with Gasteiger partial charge in [0, 0.05) is 12.2 Å². The first-order valence-electron chi connectivity index (χ1n) is 5.16. The van der Waals surface area contributed by atoms with Crippen LogP contribution in [0, 0.1) is 11.3 Å². The third-order valence-corrected chi connectivity index (χ3v) is 1.98. The first-order valence-corrected chi connectivity index (χ1v) is 5.16. The van der Waals surface area contributed by atoms with Crippen LogP contribution in [0.5, 0.6) is 0 Å². The molecule has 0 radical (unpaired) electrons. The lowest BCUT2D eigenvalue weighted by molar-refractivity contribution is -0.142. The minimum Gasteiger partial charge on any atom is -0.466 e. The molecule has 0 saturated carbocycles. The largest absolute Gasteiger partial charge is 0.466 e. The molecule has 84 valence electrons. The number of rotatable bonds is 5. The van der Waals surface area contributed by atoms with Gasteiger partial charge in [0.05, 0.1) is 24.7 Å². The second-order valence-corrected chi connectivity index (χ2v) is 3.17. The van der Waals surface area contributed by atoms with Crippen molar-refractivity contribution in [3.8, 4) is 6.07 Å². The fraction of sp³-hybridized carbons (Fsp3) is 0.333. The Hall–Kier alpha value is -2.02. The number of anilines is 1. The number of ether oxygens (including phenoxy) is 1. The van der Waals surface area contributed by atoms with Crippen LogP contribution in [0.1, 0.15) is 18.9 Å². The predicted octanol–water partition coefficient (Wildman–Crippen LogP) is 1.92. The van der Waals surface area contributed by atoms with Crippen LogP contribution in [0.4, 0.5) is 5.69 Å². The summed E-state index contributed by atoms with van der Waals surface area (Å²) in [5.74, 6) is -0.205. The van der Waals surface area contributed by atoms with Crippen LogP contribution in [0.2, 0.25) is 0 Å². The van der Waals surface area contributed by atoms with Gasteiger partial charge < -0.3 is 10.1 Å². The molecule has 0 aliphatic heterocycles. The molecule has 0 amide bonds. The van der Waals surface area contributed by atoms with E-state index >= 15 is 0 Å². The zero-order valence-electron chi connectivity index (χ0n) is 9.19. The van der Waals surface area contributed by atoms with E-state index in [4.69, 9.17) is 10.00 Å². The number of nitrogens with zero attached hydrogens (tertiary/aromatic N) is 1. The number of carbonyl (C=O) groups is 1. The molecule has 0 fully saturated rings. The summed E-state index contributed by atoms with van der Waals surface area (Å²) in [5.41, 5.74) is 1.51. The molecular weight excluding hydrogens is 204 g/mol. The number of hydrogen-bond donors (Lipinski definition) is 1. The number of nitriles is 1. The minimum atomic E-state index is -0.205. The molecule has 0 aliphatic rings. The lowest BCUT2D eigenvalue weighted by atomic mass is 10.2. The van der Waals surface area contributed by atoms with Gasteiger partial charge in [-0.05, 0) is 31.2 Å². The Bertz CT molecular complexity index is 379. The third-order valence-electron chi connectivity index (χ3n) is 1.98. The van der Waals surface area contributed by atoms with E-state index in [1.54, 1.807) is 19.1 Å². The zero-order chi connectivity index (χ0) is 11.8. The van der Waals surface area contributed by atoms with Crippen molar-refractivity contribution in [1.29, 1.82) is 5.26 Å². The molecule has 0 bridgehead atoms. The number of benzene rings is 1. The van der Waals surface area contributed by atoms with Gasteiger partial charge in [-0.2, -0.15) is 5.26 Å². The van der Waals surface area contributed by atoms with Gasteiger partial charge >= 0.3 is 5.97 Å². The summed E-state index contributed by atoms with van der Waals surface area (Å²) >= 11 is 0. The summed E-state index contributed by atoms with van der Waals surface area (Å²) in [6.45, 7) is 2.73. The van der Waals surface area contributed by atoms with E-state index in [2.05, 4.69) is 5.32 Å². The van der Waals surface area contributed by atoms with Crippen molar-refractivity contribution in [3.05, 3.63) is 29.8 Å². The van der Waals surface area contributed by atoms with Crippen LogP contribution in [-0.4, -0.2) is 19.1 Å². The molecule has 0 saturated heterocycles. The average molecular weight is 218 g/mol. The summed E-state index contributed by atoms with van der Waals surface area (Å²) in [6, 6.07) is 9.12. The maximum atomic E-state index is 11.0. The van der Waals surface area contributed by atoms with Crippen molar-refractivity contribution in [2.75, 3.05) is 18.5 Å². The molecule has 4 nitrogen and oxygen atoms in total. The molecule has 0 heterocycles. The lowest BCUT2D eigenvalue weighted by Crippen LogP contribution is -2.11. The van der Waals surface area contributed by atoms with Gasteiger partial charge in [0.1, 0.15) is 0 Å². The number of esters is 1. The van der Waals surface area contributed by atoms with E-state index in [-0.39, 0.29) is 5.97 Å². The Morgan fingerprint density at radius 1 is 1.44 bits per heavy atom. The van der Waals surface area contributed by atoms with E-state index in [0.717, 1.165) is 5.69 Å². The third kappa shape index (κ3) is 4.01. The highest BCUT2D eigenvalue weighted by atomic mass is 16.5. The summed E-state index contributed by atoms with van der Waals surface area (Å²) < 4.78 is 4.79. The Morgan fingerprint density at radius 2 is 2.12 bits per heavy atom. The van der Waals surface area contributed by atoms with E-state index < -0.39 is 0 Å². The van der Waals surface area contributed by atoms with E-state index in [1.807, 2.05) is 18.2 Å². The molecule has 0 spiro atoms. The van der Waals surface area contributed by atoms with Crippen LogP contribution in [0.15, 0.2) is 24.3 Å². The van der Waals surface area contributed by atoms with Crippen molar-refractivity contribution in [1.82, 2.24) is 0 Å². The summed E-state index contributed by atoms with van der Waals surface area (Å²) in [5, 5.41) is 11.7. The first-order chi connectivity index (χ1) is 7.76. The molecule has 1 aromatic rings. The second-order valence-electron chi connectivity index (χ2n) is 3.17. The highest BCUT2D eigenvalue weighted by Crippen LogP contribution is 2.08. The number of nitrogens with one attached hydrogen (secondary N) is 1. The molecule has 0 aromatic heterocycles. The molecule has 0 aliphatic carbocycles. The van der Waals surface area contributed by atoms with E-state index in [1.165, 1.54) is 0 Å². The molecular formula is C12H14N2O2. The molecule has 1 N–H and O–H groups in total. The lowest BCUT2D eigenvalue weighted by Gasteiger charge is -2.05. The Balaban J connectivity index is 2.32. The van der Waals surface area contributed by atoms with E-state index in [9.17, 15) is 4.79 Å². The van der Waals surface area contributed by atoms with Gasteiger partial charge in [0.25, 0.3) is 0 Å². The summed E-state index contributed by atoms with van der Waals surface area (Å²) in [4.78, 5) is 11.0. The SMILES string of the molecule is CCOC(=O)CCNc1ccc(C#N)cc1. The highest BCUT2D eigenvalue weighted by molar-refractivity contribution is 5.70. The van der Waals surface area contributed by atoms with Crippen LogP contribution in [-0.2, 0) is 9.53 Å². The fourth-order valence-corrected chi connectivity index (χ4v) is 1.20. The minimum absolute atomic E-state index is 0.205. The number of hydrogen-bond acceptors (Lipinski definition) is 4. The van der Waals surface area contributed by atoms with Crippen molar-refractivity contribution in [2.45, 2.75) is 13.3 Å². The quantitative estimate of drug-likeness (QED) is 0.767.